The van der Waals surface area contributed by atoms with Crippen molar-refractivity contribution in [2.75, 3.05) is 0 Å². The van der Waals surface area contributed by atoms with Gasteiger partial charge >= 0.3 is 8.07 Å². The molecule has 4 aromatic carbocycles. The van der Waals surface area contributed by atoms with E-state index in [1.54, 1.807) is 27.7 Å². The van der Waals surface area contributed by atoms with Crippen LogP contribution in [0.4, 0.5) is 9.59 Å². The summed E-state index contributed by atoms with van der Waals surface area (Å²) in [6, 6.07) is 27.2. The predicted octanol–water partition coefficient (Wildman–Crippen LogP) is 5.81. The van der Waals surface area contributed by atoms with E-state index in [2.05, 4.69) is 0 Å². The number of hydrogen-bond donors (Lipinski definition) is 0. The molecule has 0 amide bonds. The largest absolute Gasteiger partial charge is 0.466 e. The van der Waals surface area contributed by atoms with Gasteiger partial charge in [-0.1, -0.05) is 84.9 Å². The van der Waals surface area contributed by atoms with E-state index >= 15 is 0 Å². The predicted molar refractivity (Wildman–Crippen MR) is 136 cm³/mol. The number of carbonyl (C=O) groups is 2. The third-order valence-electron chi connectivity index (χ3n) is 5.69. The minimum absolute atomic E-state index is 0.374. The number of benzene rings is 4. The Bertz CT molecular complexity index is 1210. The molecule has 0 spiro atoms. The quantitative estimate of drug-likeness (QED) is 0.344. The number of hydrogen-bond acceptors (Lipinski definition) is 4. The van der Waals surface area contributed by atoms with Gasteiger partial charge in [0.2, 0.25) is 0 Å². The molecule has 0 saturated carbocycles. The average Bonchev–Trinajstić information content (AvgIpc) is 2.79. The van der Waals surface area contributed by atoms with Crippen molar-refractivity contribution in [1.82, 2.24) is 0 Å². The summed E-state index contributed by atoms with van der Waals surface area (Å²) < 4.78 is 11.7. The SMILES string of the molecule is CC(C)OC(=O)[Si](C(=O)OC(C)C)(c1cccc2ccccc12)c1cccc2ccccc12. The van der Waals surface area contributed by atoms with Crippen LogP contribution in [0.15, 0.2) is 84.9 Å². The molecule has 0 bridgehead atoms. The molecule has 0 atom stereocenters. The molecule has 0 N–H and O–H groups in total. The van der Waals surface area contributed by atoms with Gasteiger partial charge in [-0.15, -0.1) is 0 Å². The van der Waals surface area contributed by atoms with Crippen LogP contribution in [0.3, 0.4) is 0 Å². The number of ether oxygens (including phenoxy) is 2. The zero-order valence-electron chi connectivity index (χ0n) is 19.4. The zero-order valence-corrected chi connectivity index (χ0v) is 20.4. The van der Waals surface area contributed by atoms with Crippen molar-refractivity contribution < 1.29 is 19.1 Å². The van der Waals surface area contributed by atoms with Crippen LogP contribution in [0.1, 0.15) is 27.7 Å². The van der Waals surface area contributed by atoms with Crippen molar-refractivity contribution in [3.63, 3.8) is 0 Å². The summed E-state index contributed by atoms with van der Waals surface area (Å²) >= 11 is 0. The van der Waals surface area contributed by atoms with Crippen molar-refractivity contribution in [3.8, 4) is 0 Å². The third kappa shape index (κ3) is 4.05. The van der Waals surface area contributed by atoms with Crippen LogP contribution >= 0.6 is 0 Å². The lowest BCUT2D eigenvalue weighted by Crippen LogP contribution is -2.71. The second-order valence-electron chi connectivity index (χ2n) is 8.71. The standard InChI is InChI=1S/C28H28O4Si/c1-19(2)31-27(29)33(28(30)32-20(3)4,25-17-9-13-21-11-5-7-15-23(21)25)26-18-10-14-22-12-6-8-16-24(22)26/h5-20H,1-4H3. The Kier molecular flexibility index (Phi) is 6.34. The topological polar surface area (TPSA) is 52.6 Å². The van der Waals surface area contributed by atoms with E-state index in [-0.39, 0.29) is 12.2 Å². The normalized spacial score (nSPS) is 11.8. The van der Waals surface area contributed by atoms with Crippen molar-refractivity contribution >= 4 is 51.2 Å². The summed E-state index contributed by atoms with van der Waals surface area (Å²) in [7, 11) is -3.93. The van der Waals surface area contributed by atoms with Crippen LogP contribution in [-0.2, 0) is 9.47 Å². The van der Waals surface area contributed by atoms with Crippen LogP contribution in [0.25, 0.3) is 21.5 Å². The second-order valence-corrected chi connectivity index (χ2v) is 12.1. The Balaban J connectivity index is 2.18. The maximum absolute atomic E-state index is 14.1. The maximum atomic E-state index is 14.1. The van der Waals surface area contributed by atoms with E-state index in [1.807, 2.05) is 84.9 Å². The Morgan fingerprint density at radius 1 is 0.576 bits per heavy atom. The second kappa shape index (κ2) is 9.20. The van der Waals surface area contributed by atoms with Gasteiger partial charge in [0, 0.05) is 0 Å². The van der Waals surface area contributed by atoms with Crippen molar-refractivity contribution in [1.29, 1.82) is 0 Å². The number of fused-ring (bicyclic) bond motifs is 2. The first-order valence-corrected chi connectivity index (χ1v) is 13.2. The van der Waals surface area contributed by atoms with Gasteiger partial charge < -0.3 is 9.47 Å². The van der Waals surface area contributed by atoms with Gasteiger partial charge in [0.05, 0.1) is 12.2 Å². The van der Waals surface area contributed by atoms with Crippen molar-refractivity contribution in [2.24, 2.45) is 0 Å². The summed E-state index contributed by atoms with van der Waals surface area (Å²) in [6.45, 7) is 7.21. The highest BCUT2D eigenvalue weighted by atomic mass is 28.3. The summed E-state index contributed by atoms with van der Waals surface area (Å²) in [4.78, 5) is 28.3. The van der Waals surface area contributed by atoms with E-state index in [9.17, 15) is 9.59 Å². The van der Waals surface area contributed by atoms with Crippen LogP contribution in [0.5, 0.6) is 0 Å². The molecule has 5 heteroatoms. The summed E-state index contributed by atoms with van der Waals surface area (Å²) in [5.74, 6) is 0. The van der Waals surface area contributed by atoms with Crippen LogP contribution in [-0.4, -0.2) is 31.5 Å². The molecule has 0 heterocycles. The molecule has 168 valence electrons. The van der Waals surface area contributed by atoms with Crippen LogP contribution < -0.4 is 10.4 Å². The highest BCUT2D eigenvalue weighted by Crippen LogP contribution is 2.24. The van der Waals surface area contributed by atoms with Gasteiger partial charge in [0.1, 0.15) is 0 Å². The van der Waals surface area contributed by atoms with Gasteiger partial charge in [-0.25, -0.2) is 0 Å². The summed E-state index contributed by atoms with van der Waals surface area (Å²) in [5, 5.41) is 5.02. The molecule has 4 nitrogen and oxygen atoms in total. The van der Waals surface area contributed by atoms with Crippen LogP contribution in [0.2, 0.25) is 0 Å². The smallest absolute Gasteiger partial charge is 0.372 e. The van der Waals surface area contributed by atoms with Crippen molar-refractivity contribution in [2.45, 2.75) is 39.9 Å². The monoisotopic (exact) mass is 456 g/mol. The zero-order chi connectivity index (χ0) is 23.6. The Morgan fingerprint density at radius 3 is 1.33 bits per heavy atom. The minimum Gasteiger partial charge on any atom is -0.466 e. The fraction of sp³-hybridized carbons (Fsp3) is 0.214. The van der Waals surface area contributed by atoms with E-state index in [0.29, 0.717) is 10.4 Å². The molecule has 0 aliphatic heterocycles. The molecule has 0 aromatic heterocycles. The minimum atomic E-state index is -3.93. The van der Waals surface area contributed by atoms with Crippen molar-refractivity contribution in [3.05, 3.63) is 84.9 Å². The number of rotatable bonds is 6. The van der Waals surface area contributed by atoms with Gasteiger partial charge in [0.25, 0.3) is 11.2 Å². The first-order chi connectivity index (χ1) is 15.9. The maximum Gasteiger partial charge on any atom is 0.372 e. The highest BCUT2D eigenvalue weighted by molar-refractivity contribution is 7.38. The molecule has 0 aliphatic rings. The lowest BCUT2D eigenvalue weighted by atomic mass is 10.1. The molecule has 0 fully saturated rings. The molecule has 4 rings (SSSR count). The van der Waals surface area contributed by atoms with E-state index in [0.717, 1.165) is 21.5 Å². The molecular formula is C28H28O4Si. The van der Waals surface area contributed by atoms with Gasteiger partial charge in [0.15, 0.2) is 0 Å². The first kappa shape index (κ1) is 22.7. The average molecular weight is 457 g/mol. The third-order valence-corrected chi connectivity index (χ3v) is 9.63. The first-order valence-electron chi connectivity index (χ1n) is 11.2. The van der Waals surface area contributed by atoms with Crippen LogP contribution in [0, 0.1) is 0 Å². The molecule has 0 unspecified atom stereocenters. The van der Waals surface area contributed by atoms with Gasteiger partial charge in [-0.3, -0.25) is 9.59 Å². The Labute approximate surface area is 195 Å². The fourth-order valence-corrected chi connectivity index (χ4v) is 8.50. The van der Waals surface area contributed by atoms with E-state index < -0.39 is 19.3 Å². The molecule has 33 heavy (non-hydrogen) atoms. The molecule has 4 aromatic rings. The van der Waals surface area contributed by atoms with E-state index in [4.69, 9.17) is 9.47 Å². The Morgan fingerprint density at radius 2 is 0.939 bits per heavy atom. The molecule has 0 aliphatic carbocycles. The lowest BCUT2D eigenvalue weighted by Gasteiger charge is -2.31. The number of carbonyl (C=O) groups excluding carboxylic acids is 2. The Hall–Kier alpha value is -3.44. The fourth-order valence-electron chi connectivity index (χ4n) is 4.38. The lowest BCUT2D eigenvalue weighted by molar-refractivity contribution is 0.130. The highest BCUT2D eigenvalue weighted by Gasteiger charge is 2.58. The molecule has 0 radical (unpaired) electrons. The van der Waals surface area contributed by atoms with E-state index in [1.165, 1.54) is 0 Å². The van der Waals surface area contributed by atoms with Gasteiger partial charge in [-0.2, -0.15) is 0 Å². The summed E-state index contributed by atoms with van der Waals surface area (Å²) in [5.41, 5.74) is -1.01. The van der Waals surface area contributed by atoms with Gasteiger partial charge in [-0.05, 0) is 59.6 Å². The summed E-state index contributed by atoms with van der Waals surface area (Å²) in [6.07, 6.45) is -0.748. The molecule has 0 saturated heterocycles. The molecular weight excluding hydrogens is 428 g/mol.